The summed E-state index contributed by atoms with van der Waals surface area (Å²) in [5, 5.41) is 2.35. The van der Waals surface area contributed by atoms with Gasteiger partial charge in [0.2, 0.25) is 22.5 Å². The number of methoxy groups -OCH3 is 3. The van der Waals surface area contributed by atoms with E-state index in [2.05, 4.69) is 25.0 Å². The van der Waals surface area contributed by atoms with Crippen LogP contribution in [0.5, 0.6) is 23.3 Å². The number of nitrogens with one attached hydrogen (secondary N) is 2. The number of ether oxygens (including phenoxy) is 4. The fourth-order valence-corrected chi connectivity index (χ4v) is 6.95. The maximum Gasteiger partial charge on any atom is 0.411 e. The first-order chi connectivity index (χ1) is 24.9. The van der Waals surface area contributed by atoms with Gasteiger partial charge in [-0.05, 0) is 55.4 Å². The summed E-state index contributed by atoms with van der Waals surface area (Å²) in [6, 6.07) is 9.02. The number of fused-ring (bicyclic) bond motifs is 1. The van der Waals surface area contributed by atoms with Crippen molar-refractivity contribution in [3.8, 4) is 23.3 Å². The maximum absolute atomic E-state index is 14.3. The normalized spacial score (nSPS) is 12.5. The summed E-state index contributed by atoms with van der Waals surface area (Å²) in [6.07, 6.45) is 1.90. The highest BCUT2D eigenvalue weighted by atomic mass is 35.5. The lowest BCUT2D eigenvalue weighted by Crippen LogP contribution is -2.37. The largest absolute Gasteiger partial charge is 0.490 e. The van der Waals surface area contributed by atoms with E-state index >= 15 is 0 Å². The molecule has 5 rings (SSSR count). The third-order valence-corrected chi connectivity index (χ3v) is 9.73. The Balaban J connectivity index is 0.000000233. The second kappa shape index (κ2) is 18.6. The lowest BCUT2D eigenvalue weighted by Gasteiger charge is -2.15. The molecule has 1 aliphatic heterocycles. The number of halogens is 2. The van der Waals surface area contributed by atoms with Crippen molar-refractivity contribution in [2.75, 3.05) is 39.0 Å². The number of anilines is 1. The van der Waals surface area contributed by atoms with Crippen molar-refractivity contribution >= 4 is 68.6 Å². The number of thioether (sulfide) groups is 1. The molecule has 2 amide bonds. The Morgan fingerprint density at radius 3 is 2.33 bits per heavy atom. The van der Waals surface area contributed by atoms with Crippen LogP contribution in [-0.2, 0) is 32.9 Å². The van der Waals surface area contributed by atoms with Crippen LogP contribution in [0.3, 0.4) is 0 Å². The monoisotopic (exact) mass is 801 g/mol. The van der Waals surface area contributed by atoms with E-state index in [1.807, 2.05) is 0 Å². The topological polar surface area (TPSA) is 204 Å². The summed E-state index contributed by atoms with van der Waals surface area (Å²) in [7, 11) is -0.468. The summed E-state index contributed by atoms with van der Waals surface area (Å²) in [6.45, 7) is 3.37. The number of carbonyl (C=O) groups is 2. The van der Waals surface area contributed by atoms with Crippen LogP contribution in [0.1, 0.15) is 19.8 Å². The molecule has 0 fully saturated rings. The van der Waals surface area contributed by atoms with Gasteiger partial charge in [0.25, 0.3) is 0 Å². The van der Waals surface area contributed by atoms with Crippen molar-refractivity contribution in [3.05, 3.63) is 67.8 Å². The molecule has 280 valence electrons. The fraction of sp³-hybridized carbons (Fsp3) is 0.333. The number of hydrogen-bond acceptors (Lipinski definition) is 15. The number of carbonyl (C=O) groups excluding carboxylic acids is 2. The zero-order valence-electron chi connectivity index (χ0n) is 28.1. The van der Waals surface area contributed by atoms with Crippen molar-refractivity contribution in [1.29, 1.82) is 0 Å². The number of amides is 2. The minimum absolute atomic E-state index is 0.0605. The van der Waals surface area contributed by atoms with Crippen LogP contribution >= 0.6 is 34.7 Å². The third kappa shape index (κ3) is 11.1. The molecule has 0 radical (unpaired) electrons. The molecule has 2 aromatic carbocycles. The number of nitrogens with zero attached hydrogens (tertiary/aromatic N) is 5. The molecule has 0 atom stereocenters. The van der Waals surface area contributed by atoms with Gasteiger partial charge in [-0.25, -0.2) is 23.6 Å². The van der Waals surface area contributed by atoms with Gasteiger partial charge in [0.05, 0.1) is 44.8 Å². The van der Waals surface area contributed by atoms with Gasteiger partial charge in [-0.2, -0.15) is 18.4 Å². The summed E-state index contributed by atoms with van der Waals surface area (Å²) >= 11 is 8.17. The molecule has 17 nitrogen and oxygen atoms in total. The lowest BCUT2D eigenvalue weighted by atomic mass is 10.3. The molecule has 3 heterocycles. The van der Waals surface area contributed by atoms with Crippen LogP contribution < -0.4 is 38.1 Å². The van der Waals surface area contributed by atoms with Crippen molar-refractivity contribution < 1.29 is 45.5 Å². The van der Waals surface area contributed by atoms with E-state index in [0.717, 1.165) is 42.0 Å². The van der Waals surface area contributed by atoms with Crippen LogP contribution in [0.4, 0.5) is 20.8 Å². The minimum atomic E-state index is -4.49. The number of urea groups is 1. The van der Waals surface area contributed by atoms with E-state index < -0.39 is 28.1 Å². The average molecular weight is 802 g/mol. The number of benzene rings is 2. The summed E-state index contributed by atoms with van der Waals surface area (Å²) in [5.41, 5.74) is 0.0829. The molecule has 0 saturated carbocycles. The van der Waals surface area contributed by atoms with Gasteiger partial charge in [0.1, 0.15) is 11.5 Å². The highest BCUT2D eigenvalue weighted by molar-refractivity contribution is 8.00. The van der Waals surface area contributed by atoms with Crippen molar-refractivity contribution in [2.45, 2.75) is 37.8 Å². The van der Waals surface area contributed by atoms with E-state index in [9.17, 15) is 27.2 Å². The fourth-order valence-electron chi connectivity index (χ4n) is 4.27. The summed E-state index contributed by atoms with van der Waals surface area (Å²) in [4.78, 5) is 48.2. The number of rotatable bonds is 12. The van der Waals surface area contributed by atoms with Crippen molar-refractivity contribution in [3.63, 3.8) is 0 Å². The highest BCUT2D eigenvalue weighted by Gasteiger charge is 2.21. The van der Waals surface area contributed by atoms with Crippen LogP contribution in [0.25, 0.3) is 0 Å². The Morgan fingerprint density at radius 1 is 1.04 bits per heavy atom. The van der Waals surface area contributed by atoms with Crippen molar-refractivity contribution in [2.24, 2.45) is 4.99 Å². The Labute approximate surface area is 309 Å². The van der Waals surface area contributed by atoms with E-state index in [1.165, 1.54) is 45.6 Å². The smallest absolute Gasteiger partial charge is 0.411 e. The van der Waals surface area contributed by atoms with E-state index in [1.54, 1.807) is 33.1 Å². The SMILES string of the molecule is CCOc1ccccc1OS(=O)(=O)NC(=O)Nc1nc(OC)cc(OC)n1.COC(=O)CSc1cc(/N=c2\sc(=O)n3n2CCCC3)c(F)cc1Cl. The van der Waals surface area contributed by atoms with Crippen LogP contribution in [0.2, 0.25) is 5.02 Å². The molecule has 2 N–H and O–H groups in total. The van der Waals surface area contributed by atoms with Crippen LogP contribution in [-0.4, -0.2) is 73.4 Å². The standard InChI is InChI=1S/C15H15ClFN3O3S2.C15H18N4O7S/c1-23-13(21)8-24-12-7-11(10(17)6-9(12)16)18-14-19-4-2-3-5-20(19)15(22)25-14;1-4-25-10-7-5-6-8-11(10)26-27(21,22)19-15(20)18-14-16-12(23-2)9-13(17-14)24-3/h6-7H,2-5,8H2,1H3;5-9H,4H2,1-3H3,(H2,16,17,18,19,20)/b18-14-;. The Kier molecular flexibility index (Phi) is 14.3. The lowest BCUT2D eigenvalue weighted by molar-refractivity contribution is -0.137. The van der Waals surface area contributed by atoms with Gasteiger partial charge in [-0.3, -0.25) is 19.6 Å². The first-order valence-corrected chi connectivity index (χ1v) is 18.7. The van der Waals surface area contributed by atoms with Gasteiger partial charge < -0.3 is 23.1 Å². The van der Waals surface area contributed by atoms with Crippen molar-refractivity contribution in [1.82, 2.24) is 24.1 Å². The maximum atomic E-state index is 14.3. The van der Waals surface area contributed by atoms with Gasteiger partial charge in [0.15, 0.2) is 11.5 Å². The van der Waals surface area contributed by atoms with Gasteiger partial charge in [0, 0.05) is 18.0 Å². The molecule has 52 heavy (non-hydrogen) atoms. The van der Waals surface area contributed by atoms with E-state index in [0.29, 0.717) is 29.4 Å². The highest BCUT2D eigenvalue weighted by Crippen LogP contribution is 2.33. The summed E-state index contributed by atoms with van der Waals surface area (Å²) in [5.74, 6) is -0.782. The minimum Gasteiger partial charge on any atom is -0.490 e. The molecule has 0 bridgehead atoms. The average Bonchev–Trinajstić information content (AvgIpc) is 3.43. The molecule has 4 aromatic rings. The quantitative estimate of drug-likeness (QED) is 0.153. The number of hydrogen-bond donors (Lipinski definition) is 2. The molecular weight excluding hydrogens is 769 g/mol. The van der Waals surface area contributed by atoms with Crippen LogP contribution in [0, 0.1) is 5.82 Å². The number of aromatic nitrogens is 4. The van der Waals surface area contributed by atoms with Gasteiger partial charge >= 0.3 is 27.2 Å². The second-order valence-electron chi connectivity index (χ2n) is 10.1. The predicted molar refractivity (Wildman–Crippen MR) is 190 cm³/mol. The molecule has 0 unspecified atom stereocenters. The first kappa shape index (κ1) is 39.9. The molecule has 22 heteroatoms. The zero-order valence-corrected chi connectivity index (χ0v) is 31.3. The van der Waals surface area contributed by atoms with Gasteiger partial charge in [-0.15, -0.1) is 11.8 Å². The number of para-hydroxylation sites is 2. The molecular formula is C30H33ClFN7O10S3. The van der Waals surface area contributed by atoms with Crippen LogP contribution in [0.15, 0.2) is 57.1 Å². The third-order valence-electron chi connectivity index (χ3n) is 6.57. The molecule has 0 aliphatic carbocycles. The summed E-state index contributed by atoms with van der Waals surface area (Å²) < 4.78 is 68.1. The molecule has 0 spiro atoms. The van der Waals surface area contributed by atoms with E-state index in [4.69, 9.17) is 30.0 Å². The molecule has 0 saturated heterocycles. The second-order valence-corrected chi connectivity index (χ2v) is 13.7. The molecule has 2 aromatic heterocycles. The Bertz CT molecular complexity index is 2120. The Hall–Kier alpha value is -4.86. The molecule has 1 aliphatic rings. The predicted octanol–water partition coefficient (Wildman–Crippen LogP) is 4.13. The van der Waals surface area contributed by atoms with Gasteiger partial charge in [-0.1, -0.05) is 23.7 Å². The zero-order chi connectivity index (χ0) is 37.8. The van der Waals surface area contributed by atoms with E-state index in [-0.39, 0.29) is 50.5 Å². The Morgan fingerprint density at radius 2 is 1.69 bits per heavy atom. The number of esters is 1. The first-order valence-electron chi connectivity index (χ1n) is 15.1.